The normalized spacial score (nSPS) is 14.6. The highest BCUT2D eigenvalue weighted by molar-refractivity contribution is 6.30. The number of ether oxygens (including phenoxy) is 1. The van der Waals surface area contributed by atoms with Crippen LogP contribution in [0.4, 0.5) is 0 Å². The minimum atomic E-state index is 0.160. The van der Waals surface area contributed by atoms with Gasteiger partial charge in [-0.25, -0.2) is 0 Å². The first kappa shape index (κ1) is 14.4. The van der Waals surface area contributed by atoms with Crippen LogP contribution in [0.2, 0.25) is 5.02 Å². The summed E-state index contributed by atoms with van der Waals surface area (Å²) >= 11 is 6.00. The van der Waals surface area contributed by atoms with E-state index < -0.39 is 0 Å². The molecule has 2 N–H and O–H groups in total. The molecule has 0 fully saturated rings. The Labute approximate surface area is 130 Å². The van der Waals surface area contributed by atoms with Gasteiger partial charge in [-0.05, 0) is 54.2 Å². The molecular weight excluding hydrogens is 282 g/mol. The molecule has 1 atom stereocenters. The van der Waals surface area contributed by atoms with Crippen LogP contribution in [-0.2, 0) is 19.3 Å². The number of nitrogens with two attached hydrogens (primary N) is 1. The zero-order valence-corrected chi connectivity index (χ0v) is 12.8. The van der Waals surface area contributed by atoms with Gasteiger partial charge < -0.3 is 10.5 Å². The smallest absolute Gasteiger partial charge is 0.122 e. The van der Waals surface area contributed by atoms with E-state index in [2.05, 4.69) is 24.3 Å². The van der Waals surface area contributed by atoms with Crippen molar-refractivity contribution in [1.29, 1.82) is 0 Å². The van der Waals surface area contributed by atoms with E-state index >= 15 is 0 Å². The predicted octanol–water partition coefficient (Wildman–Crippen LogP) is 3.78. The van der Waals surface area contributed by atoms with Gasteiger partial charge in [0, 0.05) is 17.5 Å². The van der Waals surface area contributed by atoms with E-state index in [-0.39, 0.29) is 6.04 Å². The van der Waals surface area contributed by atoms with E-state index in [1.54, 1.807) is 0 Å². The van der Waals surface area contributed by atoms with Crippen molar-refractivity contribution in [3.8, 4) is 5.75 Å². The molecule has 2 aromatic carbocycles. The van der Waals surface area contributed by atoms with E-state index in [0.29, 0.717) is 0 Å². The highest BCUT2D eigenvalue weighted by Crippen LogP contribution is 2.26. The molecule has 0 amide bonds. The van der Waals surface area contributed by atoms with Crippen molar-refractivity contribution in [2.24, 2.45) is 5.73 Å². The number of rotatable bonds is 5. The van der Waals surface area contributed by atoms with Crippen LogP contribution in [0.3, 0.4) is 0 Å². The maximum atomic E-state index is 6.25. The molecule has 110 valence electrons. The largest absolute Gasteiger partial charge is 0.493 e. The molecule has 0 radical (unpaired) electrons. The third kappa shape index (κ3) is 3.78. The standard InChI is InChI=1S/C18H20ClNO/c19-16-3-1-2-14(11-16)12-17(20)6-4-13-5-7-18-15(10-13)8-9-21-18/h1-3,5,7,10-11,17H,4,6,8-9,12,20H2. The second-order valence-corrected chi connectivity index (χ2v) is 6.11. The summed E-state index contributed by atoms with van der Waals surface area (Å²) in [5, 5.41) is 0.776. The summed E-state index contributed by atoms with van der Waals surface area (Å²) in [4.78, 5) is 0. The molecule has 3 rings (SSSR count). The Bertz CT molecular complexity index is 626. The highest BCUT2D eigenvalue weighted by atomic mass is 35.5. The Morgan fingerprint density at radius 2 is 2.05 bits per heavy atom. The maximum absolute atomic E-state index is 6.25. The van der Waals surface area contributed by atoms with Crippen molar-refractivity contribution in [3.63, 3.8) is 0 Å². The predicted molar refractivity (Wildman–Crippen MR) is 87.1 cm³/mol. The second kappa shape index (κ2) is 6.50. The highest BCUT2D eigenvalue weighted by Gasteiger charge is 2.12. The summed E-state index contributed by atoms with van der Waals surface area (Å²) < 4.78 is 5.53. The number of aryl methyl sites for hydroxylation is 1. The first-order valence-corrected chi connectivity index (χ1v) is 7.83. The van der Waals surface area contributed by atoms with Crippen LogP contribution in [0.1, 0.15) is 23.1 Å². The lowest BCUT2D eigenvalue weighted by Crippen LogP contribution is -2.23. The molecule has 0 saturated heterocycles. The van der Waals surface area contributed by atoms with Crippen LogP contribution < -0.4 is 10.5 Å². The van der Waals surface area contributed by atoms with Crippen molar-refractivity contribution in [2.45, 2.75) is 31.7 Å². The summed E-state index contributed by atoms with van der Waals surface area (Å²) in [6.07, 6.45) is 3.88. The molecule has 2 nitrogen and oxygen atoms in total. The number of fused-ring (bicyclic) bond motifs is 1. The van der Waals surface area contributed by atoms with Gasteiger partial charge >= 0.3 is 0 Å². The molecule has 1 heterocycles. The summed E-state index contributed by atoms with van der Waals surface area (Å²) in [6.45, 7) is 0.813. The van der Waals surface area contributed by atoms with Crippen LogP contribution in [0.15, 0.2) is 42.5 Å². The van der Waals surface area contributed by atoms with E-state index in [0.717, 1.165) is 43.1 Å². The summed E-state index contributed by atoms with van der Waals surface area (Å²) in [7, 11) is 0. The molecule has 1 aliphatic rings. The average Bonchev–Trinajstić information content (AvgIpc) is 2.92. The monoisotopic (exact) mass is 301 g/mol. The van der Waals surface area contributed by atoms with Crippen molar-refractivity contribution in [3.05, 3.63) is 64.2 Å². The Balaban J connectivity index is 1.55. The molecule has 0 saturated carbocycles. The van der Waals surface area contributed by atoms with Crippen LogP contribution in [-0.4, -0.2) is 12.6 Å². The second-order valence-electron chi connectivity index (χ2n) is 5.67. The van der Waals surface area contributed by atoms with E-state index in [9.17, 15) is 0 Å². The van der Waals surface area contributed by atoms with Crippen LogP contribution in [0.5, 0.6) is 5.75 Å². The minimum absolute atomic E-state index is 0.160. The van der Waals surface area contributed by atoms with Crippen LogP contribution in [0, 0.1) is 0 Å². The topological polar surface area (TPSA) is 35.2 Å². The van der Waals surface area contributed by atoms with Gasteiger partial charge in [0.05, 0.1) is 6.61 Å². The quantitative estimate of drug-likeness (QED) is 0.912. The SMILES string of the molecule is NC(CCc1ccc2c(c1)CCO2)Cc1cccc(Cl)c1. The fraction of sp³-hybridized carbons (Fsp3) is 0.333. The number of hydrogen-bond donors (Lipinski definition) is 1. The van der Waals surface area contributed by atoms with E-state index in [1.807, 2.05) is 18.2 Å². The lowest BCUT2D eigenvalue weighted by molar-refractivity contribution is 0.357. The van der Waals surface area contributed by atoms with E-state index in [1.165, 1.54) is 16.7 Å². The number of halogens is 1. The van der Waals surface area contributed by atoms with Crippen LogP contribution in [0.25, 0.3) is 0 Å². The van der Waals surface area contributed by atoms with Gasteiger partial charge in [0.2, 0.25) is 0 Å². The van der Waals surface area contributed by atoms with Crippen LogP contribution >= 0.6 is 11.6 Å². The molecule has 0 aliphatic carbocycles. The van der Waals surface area contributed by atoms with Gasteiger partial charge in [0.15, 0.2) is 0 Å². The van der Waals surface area contributed by atoms with Gasteiger partial charge in [0.25, 0.3) is 0 Å². The first-order valence-electron chi connectivity index (χ1n) is 7.45. The molecular formula is C18H20ClNO. The van der Waals surface area contributed by atoms with Gasteiger partial charge in [-0.15, -0.1) is 0 Å². The van der Waals surface area contributed by atoms with E-state index in [4.69, 9.17) is 22.1 Å². The van der Waals surface area contributed by atoms with Crippen molar-refractivity contribution >= 4 is 11.6 Å². The van der Waals surface area contributed by atoms with Crippen molar-refractivity contribution < 1.29 is 4.74 Å². The Morgan fingerprint density at radius 3 is 2.90 bits per heavy atom. The minimum Gasteiger partial charge on any atom is -0.493 e. The molecule has 1 unspecified atom stereocenters. The Kier molecular flexibility index (Phi) is 4.47. The molecule has 21 heavy (non-hydrogen) atoms. The summed E-state index contributed by atoms with van der Waals surface area (Å²) in [5.41, 5.74) is 10.1. The van der Waals surface area contributed by atoms with Gasteiger partial charge in [0.1, 0.15) is 5.75 Å². The average molecular weight is 302 g/mol. The molecule has 0 bridgehead atoms. The fourth-order valence-electron chi connectivity index (χ4n) is 2.82. The summed E-state index contributed by atoms with van der Waals surface area (Å²) in [5.74, 6) is 1.04. The molecule has 2 aromatic rings. The zero-order valence-electron chi connectivity index (χ0n) is 12.0. The van der Waals surface area contributed by atoms with Gasteiger partial charge in [-0.1, -0.05) is 35.9 Å². The fourth-order valence-corrected chi connectivity index (χ4v) is 3.03. The van der Waals surface area contributed by atoms with Gasteiger partial charge in [-0.2, -0.15) is 0 Å². The summed E-state index contributed by atoms with van der Waals surface area (Å²) in [6, 6.07) is 14.6. The lowest BCUT2D eigenvalue weighted by Gasteiger charge is -2.12. The number of benzene rings is 2. The Hall–Kier alpha value is -1.51. The molecule has 0 spiro atoms. The Morgan fingerprint density at radius 1 is 1.14 bits per heavy atom. The van der Waals surface area contributed by atoms with Crippen molar-refractivity contribution in [1.82, 2.24) is 0 Å². The first-order chi connectivity index (χ1) is 10.2. The number of hydrogen-bond acceptors (Lipinski definition) is 2. The van der Waals surface area contributed by atoms with Crippen molar-refractivity contribution in [2.75, 3.05) is 6.61 Å². The lowest BCUT2D eigenvalue weighted by atomic mass is 9.98. The maximum Gasteiger partial charge on any atom is 0.122 e. The third-order valence-electron chi connectivity index (χ3n) is 3.94. The molecule has 3 heteroatoms. The zero-order chi connectivity index (χ0) is 14.7. The molecule has 1 aliphatic heterocycles. The van der Waals surface area contributed by atoms with Gasteiger partial charge in [-0.3, -0.25) is 0 Å². The molecule has 0 aromatic heterocycles. The third-order valence-corrected chi connectivity index (χ3v) is 4.18.